The first-order chi connectivity index (χ1) is 61.0. The number of aliphatic hydroxyl groups is 1. The Bertz CT molecular complexity index is 4240. The van der Waals surface area contributed by atoms with Gasteiger partial charge in [0, 0.05) is 61.5 Å². The summed E-state index contributed by atoms with van der Waals surface area (Å²) in [4.78, 5) is 250. The van der Waals surface area contributed by atoms with Gasteiger partial charge in [-0.05, 0) is 149 Å². The second-order valence-electron chi connectivity index (χ2n) is 32.2. The second-order valence-corrected chi connectivity index (χ2v) is 34.5. The number of carboxylic acids is 4. The van der Waals surface area contributed by atoms with Crippen LogP contribution in [0.5, 0.6) is 0 Å². The summed E-state index contributed by atoms with van der Waals surface area (Å²) < 4.78 is 0. The predicted molar refractivity (Wildman–Crippen MR) is 484 cm³/mol. The topological polar surface area (TPSA) is 707 Å². The van der Waals surface area contributed by atoms with Crippen LogP contribution >= 0.6 is 36.2 Å². The van der Waals surface area contributed by atoms with Crippen LogP contribution in [-0.2, 0) is 99.1 Å². The van der Waals surface area contributed by atoms with Crippen molar-refractivity contribution in [2.75, 3.05) is 56.0 Å². The molecule has 28 N–H and O–H groups in total. The number of fused-ring (bicyclic) bond motifs is 1. The summed E-state index contributed by atoms with van der Waals surface area (Å²) in [6, 6.07) is -5.86. The highest BCUT2D eigenvalue weighted by atomic mass is 32.2. The molecule has 3 aromatic rings. The van der Waals surface area contributed by atoms with E-state index in [1.54, 1.807) is 115 Å². The first-order valence-electron chi connectivity index (χ1n) is 42.5. The highest BCUT2D eigenvalue weighted by Gasteiger charge is 2.39. The zero-order valence-corrected chi connectivity index (χ0v) is 76.4. The summed E-state index contributed by atoms with van der Waals surface area (Å²) >= 11 is 6.80. The Morgan fingerprint density at radius 2 is 0.791 bits per heavy atom. The predicted octanol–water partition coefficient (Wildman–Crippen LogP) is -2.66. The molecule has 1 heterocycles. The van der Waals surface area contributed by atoms with Crippen LogP contribution in [-0.4, -0.2) is 284 Å². The monoisotopic (exact) mass is 1870 g/mol. The van der Waals surface area contributed by atoms with Crippen molar-refractivity contribution in [2.45, 2.75) is 242 Å². The number of amides is 14. The highest BCUT2D eigenvalue weighted by Crippen LogP contribution is 2.21. The molecule has 718 valence electrons. The Kier molecular flexibility index (Phi) is 51.7. The lowest BCUT2D eigenvalue weighted by atomic mass is 10.0. The highest BCUT2D eigenvalue weighted by molar-refractivity contribution is 7.98. The number of para-hydroxylation sites is 1. The van der Waals surface area contributed by atoms with Crippen LogP contribution in [0.2, 0.25) is 0 Å². The second kappa shape index (κ2) is 59.7. The molecule has 3 rings (SSSR count). The molecular weight excluding hydrogens is 1740 g/mol. The van der Waals surface area contributed by atoms with E-state index in [1.165, 1.54) is 23.5 Å². The van der Waals surface area contributed by atoms with Crippen molar-refractivity contribution < 1.29 is 112 Å². The van der Waals surface area contributed by atoms with E-state index in [-0.39, 0.29) is 113 Å². The molecule has 46 heteroatoms. The molecule has 0 fully saturated rings. The number of aliphatic hydroxyl groups excluding tert-OH is 1. The van der Waals surface area contributed by atoms with E-state index >= 15 is 0 Å². The smallest absolute Gasteiger partial charge is 0.326 e. The van der Waals surface area contributed by atoms with Crippen LogP contribution in [0.15, 0.2) is 60.8 Å². The zero-order chi connectivity index (χ0) is 96.6. The molecule has 0 bridgehead atoms. The molecule has 0 saturated heterocycles. The molecular formula is C83H130N20O23S3. The molecule has 0 radical (unpaired) electrons. The van der Waals surface area contributed by atoms with Crippen molar-refractivity contribution in [3.63, 3.8) is 0 Å². The molecule has 0 aliphatic heterocycles. The van der Waals surface area contributed by atoms with Crippen LogP contribution in [0.1, 0.15) is 155 Å². The van der Waals surface area contributed by atoms with Crippen LogP contribution < -0.4 is 97.0 Å². The third-order valence-corrected chi connectivity index (χ3v) is 21.6. The number of aromatic nitrogens is 1. The number of carboxylic acid groups (broad SMARTS) is 4. The number of aliphatic carboxylic acids is 4. The van der Waals surface area contributed by atoms with Gasteiger partial charge in [-0.25, -0.2) is 4.79 Å². The van der Waals surface area contributed by atoms with Crippen molar-refractivity contribution in [2.24, 2.45) is 35.0 Å². The number of thiol groups is 1. The van der Waals surface area contributed by atoms with Crippen LogP contribution in [0.4, 0.5) is 0 Å². The lowest BCUT2D eigenvalue weighted by molar-refractivity contribution is -0.142. The maximum Gasteiger partial charge on any atom is 0.326 e. The average molecular weight is 1870 g/mol. The number of thioether (sulfide) groups is 2. The van der Waals surface area contributed by atoms with Gasteiger partial charge in [-0.3, -0.25) is 86.9 Å². The molecule has 0 spiro atoms. The number of aromatic amines is 1. The Hall–Kier alpha value is -11.4. The molecule has 0 aliphatic carbocycles. The minimum Gasteiger partial charge on any atom is -0.481 e. The minimum absolute atomic E-state index is 0.00315. The third-order valence-electron chi connectivity index (χ3n) is 20.0. The summed E-state index contributed by atoms with van der Waals surface area (Å²) in [5.41, 5.74) is 18.9. The van der Waals surface area contributed by atoms with E-state index in [0.29, 0.717) is 34.9 Å². The van der Waals surface area contributed by atoms with Gasteiger partial charge < -0.3 is 127 Å². The molecule has 43 nitrogen and oxygen atoms in total. The number of rotatable bonds is 64. The quantitative estimate of drug-likeness (QED) is 0.0119. The minimum atomic E-state index is -1.83. The Morgan fingerprint density at radius 3 is 1.21 bits per heavy atom. The van der Waals surface area contributed by atoms with Crippen LogP contribution in [0.25, 0.3) is 10.9 Å². The molecule has 0 unspecified atom stereocenters. The number of unbranched alkanes of at least 4 members (excludes halogenated alkanes) is 1. The molecule has 1 aromatic heterocycles. The van der Waals surface area contributed by atoms with Gasteiger partial charge in [-0.2, -0.15) is 36.2 Å². The standard InChI is InChI=1S/C83H130N20O23S3/c1-44(2)35-58(98-69(112)50(85)23-26-66(106)107)77(120)96-56(29-33-128-7)75(118)94-55(25-28-68(110)111)74(117)99-60(37-46(5)6)79(122)95-54(24-27-67(108)109)73(116)92-53(22-16-32-88-83(86)87)71(114)101-61(39-48-40-89-51-20-13-12-19-49(48)51)70(113)90-41-65(105)91-63(42-104)80(123)97-57(30-34-129-8)76(119)100-59(36-45(3)4)78(121)93-52(21-14-15-31-84)72(115)103-64(43-127)81(124)102-62(82(125)126)38-47-17-10-9-11-18-47/h9-13,17-20,40,44-46,50,52-64,89,104,127H,14-16,21-39,41-43,84-85H2,1-8H3,(H,90,113)(H,91,105)(H,92,116)(H,93,121)(H,94,118)(H,95,122)(H,96,120)(H,97,123)(H,98,112)(H,99,117)(H,100,119)(H,101,114)(H,102,124)(H,103,115)(H,106,107)(H,108,109)(H,110,111)(H,125,126)(H4,86,87,88)/t50-,52-,53-,54-,55-,56-,57-,58-,59-,60-,61-,62-,63-,64-/m0/s1. The van der Waals surface area contributed by atoms with E-state index in [9.17, 15) is 107 Å². The number of hydrogen-bond donors (Lipinski definition) is 26. The van der Waals surface area contributed by atoms with Crippen LogP contribution in [0.3, 0.4) is 0 Å². The first-order valence-corrected chi connectivity index (χ1v) is 45.9. The SMILES string of the molecule is CSCC[C@H](NC(=O)[C@H](CO)NC(=O)CNC(=O)[C@H](Cc1c[nH]c2ccccc12)NC(=O)[C@H](CCCNC(=N)N)NC(=O)[C@H](CCC(=O)O)NC(=O)[C@H](CC(C)C)NC(=O)[C@H](CCC(=O)O)NC(=O)[C@H](CCSC)NC(=O)[C@H](CC(C)C)NC(=O)[C@@H](N)CCC(=O)O)C(=O)N[C@@H](CC(C)C)C(=O)N[C@@H](CCCCN)C(=O)N[C@@H](CS)C(=O)N[C@@H](Cc1ccccc1)C(=O)O. The average Bonchev–Trinajstić information content (AvgIpc) is 1.68. The fourth-order valence-corrected chi connectivity index (χ4v) is 14.3. The summed E-state index contributed by atoms with van der Waals surface area (Å²) in [7, 11) is 0. The Balaban J connectivity index is 1.96. The van der Waals surface area contributed by atoms with E-state index in [0.717, 1.165) is 0 Å². The lowest BCUT2D eigenvalue weighted by Crippen LogP contribution is -2.60. The number of hydrogen-bond acceptors (Lipinski definition) is 25. The summed E-state index contributed by atoms with van der Waals surface area (Å²) in [5, 5.41) is 95.6. The normalized spacial score (nSPS) is 14.5. The maximum atomic E-state index is 14.9. The van der Waals surface area contributed by atoms with Gasteiger partial charge in [0.2, 0.25) is 82.7 Å². The number of nitrogens with two attached hydrogens (primary N) is 3. The summed E-state index contributed by atoms with van der Waals surface area (Å²) in [5.74, 6) is -20.4. The van der Waals surface area contributed by atoms with E-state index in [4.69, 9.17) is 27.7 Å². The fourth-order valence-electron chi connectivity index (χ4n) is 13.1. The van der Waals surface area contributed by atoms with E-state index in [2.05, 4.69) is 97.4 Å². The van der Waals surface area contributed by atoms with Gasteiger partial charge in [0.1, 0.15) is 78.5 Å². The van der Waals surface area contributed by atoms with Gasteiger partial charge in [0.25, 0.3) is 0 Å². The fraction of sp³-hybridized carbons (Fsp3) is 0.602. The number of carbonyl (C=O) groups excluding carboxylic acids is 14. The molecule has 129 heavy (non-hydrogen) atoms. The van der Waals surface area contributed by atoms with Gasteiger partial charge in [-0.1, -0.05) is 90.1 Å². The molecule has 2 aromatic carbocycles. The molecule has 0 aliphatic rings. The van der Waals surface area contributed by atoms with E-state index < -0.39 is 248 Å². The number of nitrogens with one attached hydrogen (secondary N) is 17. The zero-order valence-electron chi connectivity index (χ0n) is 73.8. The number of benzene rings is 2. The number of H-pyrrole nitrogens is 1. The number of carbonyl (C=O) groups is 18. The van der Waals surface area contributed by atoms with Gasteiger partial charge in [-0.15, -0.1) is 0 Å². The Labute approximate surface area is 762 Å². The molecule has 0 saturated carbocycles. The molecule has 14 amide bonds. The lowest BCUT2D eigenvalue weighted by Gasteiger charge is -2.28. The summed E-state index contributed by atoms with van der Waals surface area (Å²) in [6.45, 7) is 8.42. The van der Waals surface area contributed by atoms with Crippen molar-refractivity contribution >= 4 is 160 Å². The summed E-state index contributed by atoms with van der Waals surface area (Å²) in [6.07, 6.45) is 1.17. The largest absolute Gasteiger partial charge is 0.481 e. The van der Waals surface area contributed by atoms with Crippen LogP contribution in [0, 0.1) is 23.2 Å². The van der Waals surface area contributed by atoms with E-state index in [1.807, 2.05) is 0 Å². The third kappa shape index (κ3) is 43.1. The maximum absolute atomic E-state index is 14.9. The van der Waals surface area contributed by atoms with Crippen molar-refractivity contribution in [1.82, 2.24) is 84.7 Å². The van der Waals surface area contributed by atoms with Gasteiger partial charge >= 0.3 is 23.9 Å². The van der Waals surface area contributed by atoms with Crippen molar-refractivity contribution in [3.05, 3.63) is 71.9 Å². The van der Waals surface area contributed by atoms with Crippen molar-refractivity contribution in [3.8, 4) is 0 Å². The Morgan fingerprint density at radius 1 is 0.419 bits per heavy atom. The molecule has 14 atom stereocenters. The van der Waals surface area contributed by atoms with Gasteiger partial charge in [0.15, 0.2) is 5.96 Å². The van der Waals surface area contributed by atoms with Crippen molar-refractivity contribution in [1.29, 1.82) is 5.41 Å². The number of guanidine groups is 1. The first kappa shape index (κ1) is 112. The van der Waals surface area contributed by atoms with Gasteiger partial charge in [0.05, 0.1) is 19.2 Å².